The zero-order chi connectivity index (χ0) is 16.9. The van der Waals surface area contributed by atoms with Crippen molar-refractivity contribution in [2.45, 2.75) is 13.5 Å². The summed E-state index contributed by atoms with van der Waals surface area (Å²) >= 11 is 0. The molecule has 0 fully saturated rings. The van der Waals surface area contributed by atoms with Crippen LogP contribution >= 0.6 is 0 Å². The fourth-order valence-electron chi connectivity index (χ4n) is 2.73. The van der Waals surface area contributed by atoms with Gasteiger partial charge < -0.3 is 19.1 Å². The zero-order valence-electron chi connectivity index (χ0n) is 14.0. The quantitative estimate of drug-likeness (QED) is 0.846. The van der Waals surface area contributed by atoms with Gasteiger partial charge in [0.25, 0.3) is 5.91 Å². The first-order chi connectivity index (χ1) is 11.7. The minimum absolute atomic E-state index is 0.0511. The lowest BCUT2D eigenvalue weighted by Gasteiger charge is -2.24. The molecule has 0 aromatic heterocycles. The summed E-state index contributed by atoms with van der Waals surface area (Å²) in [6.07, 6.45) is 0. The van der Waals surface area contributed by atoms with Crippen molar-refractivity contribution in [3.05, 3.63) is 53.6 Å². The molecule has 1 aliphatic heterocycles. The van der Waals surface area contributed by atoms with Crippen molar-refractivity contribution in [2.75, 3.05) is 26.9 Å². The van der Waals surface area contributed by atoms with Gasteiger partial charge in [0, 0.05) is 13.1 Å². The first kappa shape index (κ1) is 16.2. The molecule has 2 aromatic rings. The van der Waals surface area contributed by atoms with Crippen molar-refractivity contribution in [2.24, 2.45) is 0 Å². The molecule has 0 unspecified atom stereocenters. The van der Waals surface area contributed by atoms with Gasteiger partial charge in [-0.3, -0.25) is 4.79 Å². The molecule has 0 saturated carbocycles. The lowest BCUT2D eigenvalue weighted by molar-refractivity contribution is 0.0749. The summed E-state index contributed by atoms with van der Waals surface area (Å²) in [5.41, 5.74) is 1.57. The Morgan fingerprint density at radius 3 is 2.62 bits per heavy atom. The van der Waals surface area contributed by atoms with E-state index in [0.29, 0.717) is 37.6 Å². The Kier molecular flexibility index (Phi) is 4.89. The van der Waals surface area contributed by atoms with Crippen LogP contribution in [-0.4, -0.2) is 37.7 Å². The van der Waals surface area contributed by atoms with Crippen LogP contribution in [0.4, 0.5) is 0 Å². The molecule has 2 aromatic carbocycles. The number of carbonyl (C=O) groups is 1. The molecule has 0 spiro atoms. The van der Waals surface area contributed by atoms with Crippen LogP contribution < -0.4 is 14.2 Å². The van der Waals surface area contributed by atoms with Crippen LogP contribution in [0.5, 0.6) is 17.2 Å². The average molecular weight is 327 g/mol. The SMILES string of the molecule is CCN(Cc1ccc2c(c1)OCCO2)C(=O)c1ccccc1OC. The van der Waals surface area contributed by atoms with E-state index >= 15 is 0 Å². The number of carbonyl (C=O) groups excluding carboxylic acids is 1. The first-order valence-corrected chi connectivity index (χ1v) is 8.03. The van der Waals surface area contributed by atoms with Gasteiger partial charge in [-0.2, -0.15) is 0 Å². The molecule has 1 amide bonds. The number of nitrogens with zero attached hydrogens (tertiary/aromatic N) is 1. The monoisotopic (exact) mass is 327 g/mol. The number of hydrogen-bond donors (Lipinski definition) is 0. The maximum Gasteiger partial charge on any atom is 0.257 e. The molecule has 3 rings (SSSR count). The molecule has 5 heteroatoms. The van der Waals surface area contributed by atoms with Gasteiger partial charge >= 0.3 is 0 Å². The summed E-state index contributed by atoms with van der Waals surface area (Å²) in [5, 5.41) is 0. The standard InChI is InChI=1S/C19H21NO4/c1-3-20(19(21)15-6-4-5-7-16(15)22-2)13-14-8-9-17-18(12-14)24-11-10-23-17/h4-9,12H,3,10-11,13H2,1-2H3. The average Bonchev–Trinajstić information content (AvgIpc) is 2.65. The number of fused-ring (bicyclic) bond motifs is 1. The Hall–Kier alpha value is -2.69. The molecule has 1 aliphatic rings. The number of para-hydroxylation sites is 1. The third-order valence-corrected chi connectivity index (χ3v) is 3.99. The highest BCUT2D eigenvalue weighted by atomic mass is 16.6. The topological polar surface area (TPSA) is 48.0 Å². The number of benzene rings is 2. The Labute approximate surface area is 141 Å². The number of hydrogen-bond acceptors (Lipinski definition) is 4. The van der Waals surface area contributed by atoms with E-state index in [2.05, 4.69) is 0 Å². The Morgan fingerprint density at radius 1 is 1.12 bits per heavy atom. The Bertz CT molecular complexity index is 729. The molecule has 0 aliphatic carbocycles. The van der Waals surface area contributed by atoms with Crippen LogP contribution in [0, 0.1) is 0 Å². The Morgan fingerprint density at radius 2 is 1.88 bits per heavy atom. The summed E-state index contributed by atoms with van der Waals surface area (Å²) < 4.78 is 16.4. The van der Waals surface area contributed by atoms with Crippen LogP contribution in [0.25, 0.3) is 0 Å². The summed E-state index contributed by atoms with van der Waals surface area (Å²) in [7, 11) is 1.57. The summed E-state index contributed by atoms with van der Waals surface area (Å²) in [4.78, 5) is 14.6. The highest BCUT2D eigenvalue weighted by molar-refractivity contribution is 5.96. The maximum absolute atomic E-state index is 12.8. The second-order valence-electron chi connectivity index (χ2n) is 5.50. The van der Waals surface area contributed by atoms with E-state index in [1.54, 1.807) is 24.1 Å². The van der Waals surface area contributed by atoms with Crippen molar-refractivity contribution in [1.29, 1.82) is 0 Å². The van der Waals surface area contributed by atoms with E-state index in [1.807, 2.05) is 37.3 Å². The smallest absolute Gasteiger partial charge is 0.257 e. The van der Waals surface area contributed by atoms with E-state index in [4.69, 9.17) is 14.2 Å². The molecule has 24 heavy (non-hydrogen) atoms. The van der Waals surface area contributed by atoms with Crippen LogP contribution in [-0.2, 0) is 6.54 Å². The highest BCUT2D eigenvalue weighted by Crippen LogP contribution is 2.31. The second-order valence-corrected chi connectivity index (χ2v) is 5.50. The molecular formula is C19H21NO4. The molecular weight excluding hydrogens is 306 g/mol. The summed E-state index contributed by atoms with van der Waals surface area (Å²) in [5.74, 6) is 2.02. The van der Waals surface area contributed by atoms with Crippen molar-refractivity contribution in [3.8, 4) is 17.2 Å². The molecule has 0 saturated heterocycles. The third kappa shape index (κ3) is 3.30. The molecule has 0 bridgehead atoms. The van der Waals surface area contributed by atoms with E-state index in [9.17, 15) is 4.79 Å². The lowest BCUT2D eigenvalue weighted by Crippen LogP contribution is -2.30. The maximum atomic E-state index is 12.8. The van der Waals surface area contributed by atoms with Gasteiger partial charge in [0.2, 0.25) is 0 Å². The molecule has 0 N–H and O–H groups in total. The van der Waals surface area contributed by atoms with Crippen LogP contribution in [0.15, 0.2) is 42.5 Å². The van der Waals surface area contributed by atoms with Gasteiger partial charge in [-0.1, -0.05) is 18.2 Å². The van der Waals surface area contributed by atoms with Crippen molar-refractivity contribution in [3.63, 3.8) is 0 Å². The first-order valence-electron chi connectivity index (χ1n) is 8.03. The van der Waals surface area contributed by atoms with Crippen molar-refractivity contribution in [1.82, 2.24) is 4.90 Å². The summed E-state index contributed by atoms with van der Waals surface area (Å²) in [6.45, 7) is 4.19. The second kappa shape index (κ2) is 7.25. The number of methoxy groups -OCH3 is 1. The van der Waals surface area contributed by atoms with E-state index in [-0.39, 0.29) is 5.91 Å². The Balaban J connectivity index is 1.80. The minimum atomic E-state index is -0.0511. The van der Waals surface area contributed by atoms with E-state index in [0.717, 1.165) is 17.1 Å². The molecule has 126 valence electrons. The predicted octanol–water partition coefficient (Wildman–Crippen LogP) is 3.13. The molecule has 0 atom stereocenters. The number of ether oxygens (including phenoxy) is 3. The highest BCUT2D eigenvalue weighted by Gasteiger charge is 2.19. The van der Waals surface area contributed by atoms with Crippen molar-refractivity contribution < 1.29 is 19.0 Å². The van der Waals surface area contributed by atoms with Crippen molar-refractivity contribution >= 4 is 5.91 Å². The van der Waals surface area contributed by atoms with Gasteiger partial charge in [0.15, 0.2) is 11.5 Å². The summed E-state index contributed by atoms with van der Waals surface area (Å²) in [6, 6.07) is 13.1. The van der Waals surface area contributed by atoms with E-state index < -0.39 is 0 Å². The number of amides is 1. The van der Waals surface area contributed by atoms with Crippen LogP contribution in [0.1, 0.15) is 22.8 Å². The minimum Gasteiger partial charge on any atom is -0.496 e. The van der Waals surface area contributed by atoms with Gasteiger partial charge in [0.05, 0.1) is 12.7 Å². The van der Waals surface area contributed by atoms with Gasteiger partial charge in [-0.15, -0.1) is 0 Å². The lowest BCUT2D eigenvalue weighted by atomic mass is 10.1. The van der Waals surface area contributed by atoms with Gasteiger partial charge in [-0.05, 0) is 36.8 Å². The fourth-order valence-corrected chi connectivity index (χ4v) is 2.73. The molecule has 5 nitrogen and oxygen atoms in total. The van der Waals surface area contributed by atoms with Gasteiger partial charge in [0.1, 0.15) is 19.0 Å². The number of rotatable bonds is 5. The van der Waals surface area contributed by atoms with E-state index in [1.165, 1.54) is 0 Å². The van der Waals surface area contributed by atoms with Gasteiger partial charge in [-0.25, -0.2) is 0 Å². The van der Waals surface area contributed by atoms with Crippen LogP contribution in [0.2, 0.25) is 0 Å². The zero-order valence-corrected chi connectivity index (χ0v) is 14.0. The fraction of sp³-hybridized carbons (Fsp3) is 0.316. The normalized spacial score (nSPS) is 12.6. The predicted molar refractivity (Wildman–Crippen MR) is 90.8 cm³/mol. The molecule has 1 heterocycles. The largest absolute Gasteiger partial charge is 0.496 e. The molecule has 0 radical (unpaired) electrons. The third-order valence-electron chi connectivity index (χ3n) is 3.99. The van der Waals surface area contributed by atoms with Crippen LogP contribution in [0.3, 0.4) is 0 Å².